The van der Waals surface area contributed by atoms with Crippen LogP contribution < -0.4 is 5.32 Å². The van der Waals surface area contributed by atoms with Crippen LogP contribution in [0.5, 0.6) is 0 Å². The third kappa shape index (κ3) is 1.69. The van der Waals surface area contributed by atoms with Crippen molar-refractivity contribution in [2.75, 3.05) is 11.9 Å². The van der Waals surface area contributed by atoms with E-state index in [-0.39, 0.29) is 0 Å². The smallest absolute Gasteiger partial charge is 0.162 e. The molecule has 4 nitrogen and oxygen atoms in total. The first-order valence-electron chi connectivity index (χ1n) is 4.94. The van der Waals surface area contributed by atoms with Crippen LogP contribution in [-0.4, -0.2) is 21.1 Å². The predicted molar refractivity (Wildman–Crippen MR) is 56.4 cm³/mol. The summed E-state index contributed by atoms with van der Waals surface area (Å²) in [6, 6.07) is 5.96. The number of anilines is 1. The van der Waals surface area contributed by atoms with E-state index in [0.29, 0.717) is 0 Å². The minimum Gasteiger partial charge on any atom is -0.371 e. The summed E-state index contributed by atoms with van der Waals surface area (Å²) in [5.41, 5.74) is 0.881. The number of pyridine rings is 1. The number of nitrogens with one attached hydrogen (secondary N) is 1. The van der Waals surface area contributed by atoms with Crippen LogP contribution in [0.3, 0.4) is 0 Å². The highest BCUT2D eigenvalue weighted by molar-refractivity contribution is 5.48. The van der Waals surface area contributed by atoms with E-state index < -0.39 is 0 Å². The third-order valence-corrected chi connectivity index (χ3v) is 2.17. The largest absolute Gasteiger partial charge is 0.371 e. The number of fused-ring (bicyclic) bond motifs is 1. The molecule has 2 aromatic heterocycles. The molecule has 0 unspecified atom stereocenters. The van der Waals surface area contributed by atoms with Gasteiger partial charge in [-0.15, -0.1) is 10.2 Å². The molecule has 0 amide bonds. The predicted octanol–water partition coefficient (Wildman–Crippen LogP) is 1.94. The van der Waals surface area contributed by atoms with Gasteiger partial charge in [0.2, 0.25) is 0 Å². The van der Waals surface area contributed by atoms with Crippen LogP contribution in [0.25, 0.3) is 5.65 Å². The van der Waals surface area contributed by atoms with Crippen molar-refractivity contribution in [1.29, 1.82) is 0 Å². The Bertz CT molecular complexity index is 407. The van der Waals surface area contributed by atoms with E-state index in [1.54, 1.807) is 6.33 Å². The summed E-state index contributed by atoms with van der Waals surface area (Å²) in [7, 11) is 0. The summed E-state index contributed by atoms with van der Waals surface area (Å²) < 4.78 is 1.95. The third-order valence-electron chi connectivity index (χ3n) is 2.17. The van der Waals surface area contributed by atoms with Gasteiger partial charge >= 0.3 is 0 Å². The Morgan fingerprint density at radius 1 is 1.43 bits per heavy atom. The van der Waals surface area contributed by atoms with Crippen LogP contribution in [0.4, 0.5) is 5.82 Å². The summed E-state index contributed by atoms with van der Waals surface area (Å²) in [4.78, 5) is 0. The lowest BCUT2D eigenvalue weighted by molar-refractivity contribution is 0.829. The SMILES string of the molecule is CCCCNc1cccc2nncn12. The standard InChI is InChI=1S/C10H14N4/c1-2-3-7-11-9-5-4-6-10-13-12-8-14(9)10/h4-6,8,11H,2-3,7H2,1H3. The number of nitrogens with zero attached hydrogens (tertiary/aromatic N) is 3. The lowest BCUT2D eigenvalue weighted by atomic mass is 10.3. The molecule has 2 rings (SSSR count). The lowest BCUT2D eigenvalue weighted by Gasteiger charge is -2.06. The van der Waals surface area contributed by atoms with E-state index in [0.717, 1.165) is 18.0 Å². The van der Waals surface area contributed by atoms with Crippen molar-refractivity contribution in [3.05, 3.63) is 24.5 Å². The van der Waals surface area contributed by atoms with E-state index >= 15 is 0 Å². The fourth-order valence-electron chi connectivity index (χ4n) is 1.39. The fourth-order valence-corrected chi connectivity index (χ4v) is 1.39. The van der Waals surface area contributed by atoms with Crippen molar-refractivity contribution in [2.24, 2.45) is 0 Å². The molecule has 0 spiro atoms. The highest BCUT2D eigenvalue weighted by Crippen LogP contribution is 2.09. The second-order valence-electron chi connectivity index (χ2n) is 3.25. The molecule has 2 aromatic rings. The first kappa shape index (κ1) is 8.99. The number of unbranched alkanes of at least 4 members (excludes halogenated alkanes) is 1. The molecule has 0 aromatic carbocycles. The van der Waals surface area contributed by atoms with Gasteiger partial charge in [0.05, 0.1) is 0 Å². The van der Waals surface area contributed by atoms with Crippen molar-refractivity contribution in [1.82, 2.24) is 14.6 Å². The Morgan fingerprint density at radius 2 is 2.36 bits per heavy atom. The molecule has 1 N–H and O–H groups in total. The summed E-state index contributed by atoms with van der Waals surface area (Å²) in [5, 5.41) is 11.2. The highest BCUT2D eigenvalue weighted by atomic mass is 15.2. The van der Waals surface area contributed by atoms with Crippen molar-refractivity contribution in [2.45, 2.75) is 19.8 Å². The number of rotatable bonds is 4. The summed E-state index contributed by atoms with van der Waals surface area (Å²) >= 11 is 0. The van der Waals surface area contributed by atoms with Crippen LogP contribution in [0, 0.1) is 0 Å². The van der Waals surface area contributed by atoms with Gasteiger partial charge in [-0.1, -0.05) is 19.4 Å². The van der Waals surface area contributed by atoms with E-state index in [9.17, 15) is 0 Å². The van der Waals surface area contributed by atoms with Gasteiger partial charge in [0.25, 0.3) is 0 Å². The molecule has 0 saturated carbocycles. The summed E-state index contributed by atoms with van der Waals surface area (Å²) in [6.07, 6.45) is 4.10. The molecule has 0 radical (unpaired) electrons. The van der Waals surface area contributed by atoms with E-state index in [1.165, 1.54) is 12.8 Å². The first-order valence-corrected chi connectivity index (χ1v) is 4.94. The van der Waals surface area contributed by atoms with Gasteiger partial charge in [0.15, 0.2) is 5.65 Å². The van der Waals surface area contributed by atoms with Crippen LogP contribution in [0.2, 0.25) is 0 Å². The molecule has 0 saturated heterocycles. The van der Waals surface area contributed by atoms with Crippen LogP contribution >= 0.6 is 0 Å². The summed E-state index contributed by atoms with van der Waals surface area (Å²) in [6.45, 7) is 3.18. The second-order valence-corrected chi connectivity index (χ2v) is 3.25. The van der Waals surface area contributed by atoms with Crippen LogP contribution in [-0.2, 0) is 0 Å². The number of hydrogen-bond donors (Lipinski definition) is 1. The number of hydrogen-bond acceptors (Lipinski definition) is 3. The quantitative estimate of drug-likeness (QED) is 0.749. The molecule has 0 atom stereocenters. The zero-order valence-corrected chi connectivity index (χ0v) is 8.27. The molecule has 2 heterocycles. The van der Waals surface area contributed by atoms with Gasteiger partial charge in [0, 0.05) is 6.54 Å². The van der Waals surface area contributed by atoms with Gasteiger partial charge in [0.1, 0.15) is 12.1 Å². The van der Waals surface area contributed by atoms with Crippen molar-refractivity contribution in [3.8, 4) is 0 Å². The molecule has 14 heavy (non-hydrogen) atoms. The second kappa shape index (κ2) is 4.09. The first-order chi connectivity index (χ1) is 6.92. The molecule has 74 valence electrons. The number of aromatic nitrogens is 3. The molecule has 0 aliphatic heterocycles. The average Bonchev–Trinajstić information content (AvgIpc) is 2.67. The molecular formula is C10H14N4. The van der Waals surface area contributed by atoms with Gasteiger partial charge in [-0.05, 0) is 18.6 Å². The Kier molecular flexibility index (Phi) is 2.62. The maximum atomic E-state index is 3.98. The zero-order valence-electron chi connectivity index (χ0n) is 8.27. The van der Waals surface area contributed by atoms with E-state index in [2.05, 4.69) is 22.4 Å². The van der Waals surface area contributed by atoms with Gasteiger partial charge in [-0.25, -0.2) is 0 Å². The van der Waals surface area contributed by atoms with Crippen molar-refractivity contribution >= 4 is 11.5 Å². The molecule has 0 fully saturated rings. The normalized spacial score (nSPS) is 10.6. The van der Waals surface area contributed by atoms with Gasteiger partial charge in [-0.3, -0.25) is 4.40 Å². The Labute approximate surface area is 83.0 Å². The fraction of sp³-hybridized carbons (Fsp3) is 0.400. The van der Waals surface area contributed by atoms with Crippen molar-refractivity contribution < 1.29 is 0 Å². The van der Waals surface area contributed by atoms with E-state index in [1.807, 2.05) is 22.6 Å². The molecule has 4 heteroatoms. The van der Waals surface area contributed by atoms with Crippen LogP contribution in [0.1, 0.15) is 19.8 Å². The molecule has 0 aliphatic carbocycles. The molecule has 0 bridgehead atoms. The minimum atomic E-state index is 0.881. The maximum Gasteiger partial charge on any atom is 0.162 e. The molecule has 0 aliphatic rings. The van der Waals surface area contributed by atoms with Gasteiger partial charge in [-0.2, -0.15) is 0 Å². The van der Waals surface area contributed by atoms with Gasteiger partial charge < -0.3 is 5.32 Å². The Balaban J connectivity index is 2.19. The Hall–Kier alpha value is -1.58. The van der Waals surface area contributed by atoms with E-state index in [4.69, 9.17) is 0 Å². The average molecular weight is 190 g/mol. The summed E-state index contributed by atoms with van der Waals surface area (Å²) in [5.74, 6) is 1.06. The van der Waals surface area contributed by atoms with Crippen molar-refractivity contribution in [3.63, 3.8) is 0 Å². The van der Waals surface area contributed by atoms with Crippen LogP contribution in [0.15, 0.2) is 24.5 Å². The molecular weight excluding hydrogens is 176 g/mol. The monoisotopic (exact) mass is 190 g/mol. The topological polar surface area (TPSA) is 42.2 Å². The Morgan fingerprint density at radius 3 is 3.21 bits per heavy atom. The maximum absolute atomic E-state index is 3.98. The minimum absolute atomic E-state index is 0.881. The zero-order chi connectivity index (χ0) is 9.80. The highest BCUT2D eigenvalue weighted by Gasteiger charge is 1.99. The lowest BCUT2D eigenvalue weighted by Crippen LogP contribution is -2.04.